The second-order valence-corrected chi connectivity index (χ2v) is 3.20. The first-order valence-electron chi connectivity index (χ1n) is 3.07. The zero-order valence-corrected chi connectivity index (χ0v) is 8.44. The molecule has 13 heavy (non-hydrogen) atoms. The second-order valence-electron chi connectivity index (χ2n) is 2.03. The Bertz CT molecular complexity index is 300. The lowest BCUT2D eigenvalue weighted by Gasteiger charge is -2.08. The number of nitrogen functional groups attached to an aromatic ring is 1. The Kier molecular flexibility index (Phi) is 3.27. The first-order valence-corrected chi connectivity index (χ1v) is 4.24. The van der Waals surface area contributed by atoms with Gasteiger partial charge in [-0.3, -0.25) is 0 Å². The van der Waals surface area contributed by atoms with Crippen molar-refractivity contribution in [1.82, 2.24) is 4.98 Å². The Morgan fingerprint density at radius 1 is 1.62 bits per heavy atom. The number of nitrogens with two attached hydrogens (primary N) is 1. The Morgan fingerprint density at radius 3 is 2.69 bits per heavy atom. The highest BCUT2D eigenvalue weighted by atomic mass is 79.9. The molecule has 0 atom stereocenters. The van der Waals surface area contributed by atoms with E-state index in [0.29, 0.717) is 4.60 Å². The summed E-state index contributed by atoms with van der Waals surface area (Å²) in [6, 6.07) is 1.32. The number of hydrogen-bond donors (Lipinski definition) is 1. The van der Waals surface area contributed by atoms with Gasteiger partial charge in [-0.25, -0.2) is 4.98 Å². The van der Waals surface area contributed by atoms with Crippen LogP contribution in [0.15, 0.2) is 10.7 Å². The molecule has 0 bridgehead atoms. The van der Waals surface area contributed by atoms with Crippen LogP contribution in [0.2, 0.25) is 5.15 Å². The van der Waals surface area contributed by atoms with E-state index in [4.69, 9.17) is 17.3 Å². The van der Waals surface area contributed by atoms with E-state index < -0.39 is 6.61 Å². The van der Waals surface area contributed by atoms with Gasteiger partial charge in [-0.2, -0.15) is 8.78 Å². The first kappa shape index (κ1) is 10.5. The van der Waals surface area contributed by atoms with Crippen LogP contribution in [0.5, 0.6) is 5.75 Å². The molecular formula is C6H4BrClF2N2O. The summed E-state index contributed by atoms with van der Waals surface area (Å²) in [4.78, 5) is 3.63. The molecule has 1 aromatic heterocycles. The molecule has 1 rings (SSSR count). The summed E-state index contributed by atoms with van der Waals surface area (Å²) in [5, 5.41) is -0.202. The second kappa shape index (κ2) is 4.06. The molecule has 3 nitrogen and oxygen atoms in total. The molecule has 72 valence electrons. The predicted molar refractivity (Wildman–Crippen MR) is 48.0 cm³/mol. The molecule has 0 fully saturated rings. The zero-order valence-electron chi connectivity index (χ0n) is 6.10. The maximum absolute atomic E-state index is 11.8. The van der Waals surface area contributed by atoms with E-state index in [9.17, 15) is 8.78 Å². The molecule has 0 aliphatic carbocycles. The van der Waals surface area contributed by atoms with Crippen LogP contribution < -0.4 is 10.5 Å². The quantitative estimate of drug-likeness (QED) is 0.843. The fourth-order valence-corrected chi connectivity index (χ4v) is 1.47. The topological polar surface area (TPSA) is 48.1 Å². The number of ether oxygens (including phenoxy) is 1. The molecule has 0 radical (unpaired) electrons. The summed E-state index contributed by atoms with van der Waals surface area (Å²) < 4.78 is 28.0. The van der Waals surface area contributed by atoms with Gasteiger partial charge in [-0.05, 0) is 22.0 Å². The van der Waals surface area contributed by atoms with Gasteiger partial charge >= 0.3 is 6.61 Å². The number of aromatic nitrogens is 1. The smallest absolute Gasteiger partial charge is 0.387 e. The number of halogens is 4. The third kappa shape index (κ3) is 2.67. The summed E-state index contributed by atoms with van der Waals surface area (Å²) >= 11 is 8.49. The molecule has 0 unspecified atom stereocenters. The summed E-state index contributed by atoms with van der Waals surface area (Å²) in [7, 11) is 0. The predicted octanol–water partition coefficient (Wildman–Crippen LogP) is 2.68. The number of hydrogen-bond acceptors (Lipinski definition) is 3. The molecule has 0 amide bonds. The lowest BCUT2D eigenvalue weighted by molar-refractivity contribution is -0.0495. The third-order valence-electron chi connectivity index (χ3n) is 1.14. The Balaban J connectivity index is 3.06. The van der Waals surface area contributed by atoms with E-state index in [1.807, 2.05) is 0 Å². The lowest BCUT2D eigenvalue weighted by Crippen LogP contribution is -2.05. The minimum absolute atomic E-state index is 0.00664. The van der Waals surface area contributed by atoms with Crippen molar-refractivity contribution in [3.8, 4) is 5.75 Å². The third-order valence-corrected chi connectivity index (χ3v) is 1.80. The Hall–Kier alpha value is -0.620. The van der Waals surface area contributed by atoms with Gasteiger partial charge in [0.2, 0.25) is 0 Å². The van der Waals surface area contributed by atoms with Gasteiger partial charge in [0.25, 0.3) is 0 Å². The van der Waals surface area contributed by atoms with E-state index in [0.717, 1.165) is 0 Å². The minimum Gasteiger partial charge on any atom is -0.429 e. The molecule has 1 aromatic rings. The number of nitrogens with zero attached hydrogens (tertiary/aromatic N) is 1. The summed E-state index contributed by atoms with van der Waals surface area (Å²) in [5.74, 6) is -0.306. The molecule has 2 N–H and O–H groups in total. The molecule has 0 aliphatic heterocycles. The standard InChI is InChI=1S/C6H4BrClF2N2O/c7-3-1-2(11)4(5(8)12-3)13-6(9)10/h1,6H,(H2,11,12). The lowest BCUT2D eigenvalue weighted by atomic mass is 10.4. The van der Waals surface area contributed by atoms with Crippen molar-refractivity contribution in [2.45, 2.75) is 6.61 Å². The van der Waals surface area contributed by atoms with E-state index in [1.54, 1.807) is 0 Å². The number of pyridine rings is 1. The average Bonchev–Trinajstić information content (AvgIpc) is 1.96. The molecule has 7 heteroatoms. The molecule has 0 saturated heterocycles. The highest BCUT2D eigenvalue weighted by Crippen LogP contribution is 2.32. The Labute approximate surface area is 86.0 Å². The minimum atomic E-state index is -2.97. The van der Waals surface area contributed by atoms with Crippen molar-refractivity contribution in [3.05, 3.63) is 15.8 Å². The van der Waals surface area contributed by atoms with Crippen molar-refractivity contribution >= 4 is 33.2 Å². The monoisotopic (exact) mass is 272 g/mol. The molecule has 0 aromatic carbocycles. The summed E-state index contributed by atoms with van der Waals surface area (Å²) in [6.45, 7) is -2.97. The summed E-state index contributed by atoms with van der Waals surface area (Å²) in [6.07, 6.45) is 0. The van der Waals surface area contributed by atoms with Gasteiger partial charge in [0.15, 0.2) is 10.9 Å². The maximum Gasteiger partial charge on any atom is 0.387 e. The van der Waals surface area contributed by atoms with Crippen LogP contribution in [0.4, 0.5) is 14.5 Å². The van der Waals surface area contributed by atoms with Crippen molar-refractivity contribution in [2.75, 3.05) is 5.73 Å². The van der Waals surface area contributed by atoms with Gasteiger partial charge in [0, 0.05) is 0 Å². The van der Waals surface area contributed by atoms with Crippen molar-refractivity contribution < 1.29 is 13.5 Å². The van der Waals surface area contributed by atoms with Crippen LogP contribution in [0.3, 0.4) is 0 Å². The van der Waals surface area contributed by atoms with Crippen molar-refractivity contribution in [2.24, 2.45) is 0 Å². The van der Waals surface area contributed by atoms with Gasteiger partial charge in [-0.1, -0.05) is 11.6 Å². The van der Waals surface area contributed by atoms with Crippen LogP contribution >= 0.6 is 27.5 Å². The maximum atomic E-state index is 11.8. The highest BCUT2D eigenvalue weighted by molar-refractivity contribution is 9.10. The number of rotatable bonds is 2. The van der Waals surface area contributed by atoms with Gasteiger partial charge in [0.05, 0.1) is 5.69 Å². The summed E-state index contributed by atoms with van der Waals surface area (Å²) in [5.41, 5.74) is 5.36. The van der Waals surface area contributed by atoms with E-state index in [1.165, 1.54) is 6.07 Å². The molecule has 0 aliphatic rings. The molecule has 0 saturated carbocycles. The van der Waals surface area contributed by atoms with Crippen LogP contribution in [0, 0.1) is 0 Å². The van der Waals surface area contributed by atoms with Crippen LogP contribution in [0.25, 0.3) is 0 Å². The number of alkyl halides is 2. The van der Waals surface area contributed by atoms with E-state index in [-0.39, 0.29) is 16.6 Å². The van der Waals surface area contributed by atoms with Crippen LogP contribution in [-0.4, -0.2) is 11.6 Å². The number of anilines is 1. The molecular weight excluding hydrogens is 269 g/mol. The Morgan fingerprint density at radius 2 is 2.23 bits per heavy atom. The van der Waals surface area contributed by atoms with Crippen molar-refractivity contribution in [1.29, 1.82) is 0 Å². The fraction of sp³-hybridized carbons (Fsp3) is 0.167. The van der Waals surface area contributed by atoms with Gasteiger partial charge < -0.3 is 10.5 Å². The SMILES string of the molecule is Nc1cc(Br)nc(Cl)c1OC(F)F. The molecule has 0 spiro atoms. The van der Waals surface area contributed by atoms with Gasteiger partial charge in [-0.15, -0.1) is 0 Å². The van der Waals surface area contributed by atoms with Crippen LogP contribution in [0.1, 0.15) is 0 Å². The normalized spacial score (nSPS) is 10.5. The van der Waals surface area contributed by atoms with E-state index in [2.05, 4.69) is 25.7 Å². The average molecular weight is 273 g/mol. The highest BCUT2D eigenvalue weighted by Gasteiger charge is 2.13. The fourth-order valence-electron chi connectivity index (χ4n) is 0.696. The van der Waals surface area contributed by atoms with Crippen molar-refractivity contribution in [3.63, 3.8) is 0 Å². The molecule has 1 heterocycles. The van der Waals surface area contributed by atoms with Crippen LogP contribution in [-0.2, 0) is 0 Å². The van der Waals surface area contributed by atoms with E-state index >= 15 is 0 Å². The van der Waals surface area contributed by atoms with Gasteiger partial charge in [0.1, 0.15) is 4.60 Å². The largest absolute Gasteiger partial charge is 0.429 e. The zero-order chi connectivity index (χ0) is 10.0. The first-order chi connectivity index (χ1) is 6.00.